The average Bonchev–Trinajstić information content (AvgIpc) is 2.97. The van der Waals surface area contributed by atoms with Gasteiger partial charge in [0.2, 0.25) is 5.91 Å². The van der Waals surface area contributed by atoms with Crippen molar-refractivity contribution in [2.24, 2.45) is 5.92 Å². The topological polar surface area (TPSA) is 91.4 Å². The molecule has 3 aromatic rings. The van der Waals surface area contributed by atoms with E-state index in [4.69, 9.17) is 18.1 Å². The smallest absolute Gasteiger partial charge is 0.297 e. The van der Waals surface area contributed by atoms with Crippen LogP contribution in [0.2, 0.25) is 18.1 Å². The van der Waals surface area contributed by atoms with Gasteiger partial charge in [0.25, 0.3) is 10.1 Å². The summed E-state index contributed by atoms with van der Waals surface area (Å²) >= 11 is 0. The van der Waals surface area contributed by atoms with Crippen molar-refractivity contribution in [3.05, 3.63) is 89.5 Å². The Morgan fingerprint density at radius 1 is 0.778 bits per heavy atom. The summed E-state index contributed by atoms with van der Waals surface area (Å²) in [5.74, 6) is 0.648. The molecular weight excluding hydrogens is 607 g/mol. The van der Waals surface area contributed by atoms with Crippen molar-refractivity contribution in [2.45, 2.75) is 88.9 Å². The van der Waals surface area contributed by atoms with Crippen molar-refractivity contribution in [3.63, 3.8) is 0 Å². The van der Waals surface area contributed by atoms with Crippen LogP contribution in [-0.2, 0) is 23.5 Å². The van der Waals surface area contributed by atoms with Crippen molar-refractivity contribution in [3.8, 4) is 11.5 Å². The number of nitrogens with zero attached hydrogens (tertiary/aromatic N) is 1. The molecule has 0 radical (unpaired) electrons. The molecule has 1 heterocycles. The lowest BCUT2D eigenvalue weighted by Crippen LogP contribution is -2.70. The number of carbonyl (C=O) groups is 1. The Morgan fingerprint density at radius 2 is 1.24 bits per heavy atom. The predicted octanol–water partition coefficient (Wildman–Crippen LogP) is 7.13. The van der Waals surface area contributed by atoms with E-state index in [1.807, 2.05) is 62.4 Å². The van der Waals surface area contributed by atoms with E-state index in [0.29, 0.717) is 11.5 Å². The zero-order valence-electron chi connectivity index (χ0n) is 28.0. The second kappa shape index (κ2) is 13.3. The summed E-state index contributed by atoms with van der Waals surface area (Å²) < 4.78 is 50.4. The van der Waals surface area contributed by atoms with Crippen molar-refractivity contribution in [1.29, 1.82) is 0 Å². The Labute approximate surface area is 269 Å². The number of likely N-dealkylation sites (tertiary alicyclic amines) is 1. The van der Waals surface area contributed by atoms with Gasteiger partial charge in [-0.3, -0.25) is 8.98 Å². The first-order chi connectivity index (χ1) is 21.0. The van der Waals surface area contributed by atoms with Crippen molar-refractivity contribution in [2.75, 3.05) is 14.2 Å². The van der Waals surface area contributed by atoms with Gasteiger partial charge in [0.15, 0.2) is 8.32 Å². The second-order valence-corrected chi connectivity index (χ2v) is 19.7. The molecule has 0 unspecified atom stereocenters. The molecule has 4 rings (SSSR count). The summed E-state index contributed by atoms with van der Waals surface area (Å²) in [7, 11) is -3.18. The molecular formula is C35H47NO7SSi. The van der Waals surface area contributed by atoms with Crippen molar-refractivity contribution < 1.29 is 31.3 Å². The van der Waals surface area contributed by atoms with Crippen LogP contribution in [0, 0.1) is 12.8 Å². The third-order valence-electron chi connectivity index (χ3n) is 9.23. The Balaban J connectivity index is 1.79. The third-order valence-corrected chi connectivity index (χ3v) is 15.2. The van der Waals surface area contributed by atoms with E-state index in [-0.39, 0.29) is 15.8 Å². The van der Waals surface area contributed by atoms with Gasteiger partial charge in [-0.1, -0.05) is 62.7 Å². The summed E-state index contributed by atoms with van der Waals surface area (Å²) in [4.78, 5) is 16.2. The summed E-state index contributed by atoms with van der Waals surface area (Å²) in [6.45, 7) is 16.3. The quantitative estimate of drug-likeness (QED) is 0.117. The number of rotatable bonds is 12. The van der Waals surface area contributed by atoms with E-state index >= 15 is 0 Å². The molecule has 1 amide bonds. The fourth-order valence-electron chi connectivity index (χ4n) is 5.67. The SMILES string of the molecule is COc1ccc(C(c2ccc(OC)cc2)N2C(=O)[C@H]([C@@H](C)O[Si](C)(C)C(C)(C)C)[C@H]2[C@H](C)OS(=O)(=O)c2ccc(C)cc2)cc1. The fourth-order valence-corrected chi connectivity index (χ4v) is 8.19. The number of ether oxygens (including phenoxy) is 2. The zero-order chi connectivity index (χ0) is 33.3. The molecule has 4 atom stereocenters. The highest BCUT2D eigenvalue weighted by molar-refractivity contribution is 7.86. The lowest BCUT2D eigenvalue weighted by atomic mass is 9.77. The summed E-state index contributed by atoms with van der Waals surface area (Å²) in [5, 5.41) is -0.0745. The Morgan fingerprint density at radius 3 is 1.67 bits per heavy atom. The van der Waals surface area contributed by atoms with Gasteiger partial charge in [0.1, 0.15) is 11.5 Å². The number of carbonyl (C=O) groups excluding carboxylic acids is 1. The molecule has 1 fully saturated rings. The van der Waals surface area contributed by atoms with E-state index in [0.717, 1.165) is 16.7 Å². The molecule has 0 aromatic heterocycles. The van der Waals surface area contributed by atoms with E-state index in [2.05, 4.69) is 33.9 Å². The highest BCUT2D eigenvalue weighted by Crippen LogP contribution is 2.46. The standard InChI is InChI=1S/C35H47NO7SSi/c1-23-11-21-30(22-12-23)44(38,39)42-25(3)32-31(24(2)43-45(9,10)35(4,5)6)34(37)36(32)33(26-13-17-28(40-7)18-14-26)27-15-19-29(41-8)20-16-27/h11-22,24-25,31-33H,1-10H3/t24-,25+,31-,32-/m1/s1. The fraction of sp³-hybridized carbons (Fsp3) is 0.457. The number of β-lactam (4-membered cyclic amide) rings is 1. The predicted molar refractivity (Wildman–Crippen MR) is 179 cm³/mol. The highest BCUT2D eigenvalue weighted by atomic mass is 32.2. The van der Waals surface area contributed by atoms with Crippen LogP contribution in [0.25, 0.3) is 0 Å². The largest absolute Gasteiger partial charge is 0.497 e. The number of hydrogen-bond acceptors (Lipinski definition) is 7. The van der Waals surface area contributed by atoms with Crippen LogP contribution in [-0.4, -0.2) is 60.0 Å². The highest BCUT2D eigenvalue weighted by Gasteiger charge is 2.57. The van der Waals surface area contributed by atoms with E-state index < -0.39 is 48.6 Å². The molecule has 1 saturated heterocycles. The summed E-state index contributed by atoms with van der Waals surface area (Å²) in [6, 6.07) is 20.6. The monoisotopic (exact) mass is 653 g/mol. The maximum Gasteiger partial charge on any atom is 0.297 e. The van der Waals surface area contributed by atoms with Crippen LogP contribution in [0.5, 0.6) is 11.5 Å². The molecule has 1 aliphatic heterocycles. The molecule has 45 heavy (non-hydrogen) atoms. The number of aryl methyl sites for hydroxylation is 1. The lowest BCUT2D eigenvalue weighted by Gasteiger charge is -2.55. The van der Waals surface area contributed by atoms with Crippen LogP contribution in [0.4, 0.5) is 0 Å². The van der Waals surface area contributed by atoms with Crippen LogP contribution in [0.1, 0.15) is 57.4 Å². The van der Waals surface area contributed by atoms with Gasteiger partial charge < -0.3 is 18.8 Å². The van der Waals surface area contributed by atoms with Crippen LogP contribution in [0.3, 0.4) is 0 Å². The lowest BCUT2D eigenvalue weighted by molar-refractivity contribution is -0.174. The molecule has 0 spiro atoms. The molecule has 0 N–H and O–H groups in total. The summed E-state index contributed by atoms with van der Waals surface area (Å²) in [6.07, 6.45) is -1.33. The van der Waals surface area contributed by atoms with Gasteiger partial charge in [-0.15, -0.1) is 0 Å². The van der Waals surface area contributed by atoms with Gasteiger partial charge in [0, 0.05) is 0 Å². The molecule has 0 bridgehead atoms. The van der Waals surface area contributed by atoms with Crippen LogP contribution >= 0.6 is 0 Å². The Bertz CT molecular complexity index is 1520. The molecule has 8 nitrogen and oxygen atoms in total. The molecule has 1 aliphatic rings. The van der Waals surface area contributed by atoms with Crippen molar-refractivity contribution >= 4 is 24.3 Å². The van der Waals surface area contributed by atoms with E-state index in [1.165, 1.54) is 0 Å². The summed E-state index contributed by atoms with van der Waals surface area (Å²) in [5.41, 5.74) is 2.64. The van der Waals surface area contributed by atoms with Gasteiger partial charge in [0.05, 0.1) is 49.3 Å². The van der Waals surface area contributed by atoms with Gasteiger partial charge in [-0.05, 0) is 86.4 Å². The first-order valence-electron chi connectivity index (χ1n) is 15.3. The number of amides is 1. The maximum absolute atomic E-state index is 14.4. The van der Waals surface area contributed by atoms with Crippen LogP contribution < -0.4 is 9.47 Å². The van der Waals surface area contributed by atoms with Gasteiger partial charge >= 0.3 is 0 Å². The minimum Gasteiger partial charge on any atom is -0.497 e. The number of hydrogen-bond donors (Lipinski definition) is 0. The van der Waals surface area contributed by atoms with Crippen LogP contribution in [0.15, 0.2) is 77.7 Å². The molecule has 3 aromatic carbocycles. The number of methoxy groups -OCH3 is 2. The molecule has 10 heteroatoms. The first-order valence-corrected chi connectivity index (χ1v) is 19.6. The molecule has 0 saturated carbocycles. The van der Waals surface area contributed by atoms with Gasteiger partial charge in [-0.25, -0.2) is 0 Å². The molecule has 244 valence electrons. The second-order valence-electron chi connectivity index (χ2n) is 13.4. The Hall–Kier alpha value is -3.18. The van der Waals surface area contributed by atoms with Crippen molar-refractivity contribution in [1.82, 2.24) is 4.90 Å². The first kappa shape index (κ1) is 34.7. The van der Waals surface area contributed by atoms with Gasteiger partial charge in [-0.2, -0.15) is 8.42 Å². The zero-order valence-corrected chi connectivity index (χ0v) is 29.8. The number of benzene rings is 3. The minimum atomic E-state index is -4.12. The minimum absolute atomic E-state index is 0.0705. The van der Waals surface area contributed by atoms with E-state index in [9.17, 15) is 13.2 Å². The Kier molecular flexibility index (Phi) is 10.2. The van der Waals surface area contributed by atoms with E-state index in [1.54, 1.807) is 50.3 Å². The maximum atomic E-state index is 14.4. The normalized spacial score (nSPS) is 18.8. The third kappa shape index (κ3) is 7.30. The average molecular weight is 654 g/mol. The molecule has 0 aliphatic carbocycles.